The van der Waals surface area contributed by atoms with Crippen LogP contribution in [0.5, 0.6) is 0 Å². The molecule has 0 saturated carbocycles. The van der Waals surface area contributed by atoms with E-state index in [1.54, 1.807) is 0 Å². The molecule has 7 heteroatoms. The van der Waals surface area contributed by atoms with Crippen molar-refractivity contribution in [3.8, 4) is 0 Å². The van der Waals surface area contributed by atoms with Gasteiger partial charge in [-0.3, -0.25) is 9.59 Å². The predicted molar refractivity (Wildman–Crippen MR) is 73.6 cm³/mol. The third kappa shape index (κ3) is 3.33. The van der Waals surface area contributed by atoms with E-state index in [4.69, 9.17) is 0 Å². The van der Waals surface area contributed by atoms with Crippen LogP contribution in [0, 0.1) is 0 Å². The Labute approximate surface area is 119 Å². The minimum Gasteiger partial charge on any atom is -0.346 e. The number of nitrogens with one attached hydrogen (secondary N) is 2. The fourth-order valence-corrected chi connectivity index (χ4v) is 3.65. The summed E-state index contributed by atoms with van der Waals surface area (Å²) in [5, 5.41) is 5.31. The molecular formula is C13H16F2N2O2S. The Morgan fingerprint density at radius 1 is 1.30 bits per heavy atom. The number of carbonyl (C=O) groups is 2. The number of carbonyl (C=O) groups excluding carboxylic acids is 2. The normalized spacial score (nSPS) is 14.0. The number of hydrogen-bond acceptors (Lipinski definition) is 3. The molecule has 2 amide bonds. The van der Waals surface area contributed by atoms with Crippen molar-refractivity contribution in [3.63, 3.8) is 0 Å². The van der Waals surface area contributed by atoms with Gasteiger partial charge in [0, 0.05) is 11.8 Å². The molecule has 0 radical (unpaired) electrons. The molecule has 0 unspecified atom stereocenters. The van der Waals surface area contributed by atoms with Gasteiger partial charge in [0.05, 0.1) is 12.1 Å². The Hall–Kier alpha value is -1.50. The molecule has 0 bridgehead atoms. The molecule has 1 aromatic heterocycles. The van der Waals surface area contributed by atoms with Crippen molar-refractivity contribution >= 4 is 28.2 Å². The Morgan fingerprint density at radius 2 is 2.00 bits per heavy atom. The number of thiophene rings is 1. The molecule has 2 rings (SSSR count). The first kappa shape index (κ1) is 14.9. The maximum atomic E-state index is 12.2. The van der Waals surface area contributed by atoms with Crippen molar-refractivity contribution in [2.75, 3.05) is 11.9 Å². The lowest BCUT2D eigenvalue weighted by Crippen LogP contribution is -2.29. The lowest BCUT2D eigenvalue weighted by molar-refractivity contribution is -0.114. The zero-order chi connectivity index (χ0) is 14.7. The van der Waals surface area contributed by atoms with Crippen molar-refractivity contribution in [2.24, 2.45) is 0 Å². The molecule has 1 heterocycles. The van der Waals surface area contributed by atoms with Gasteiger partial charge in [-0.25, -0.2) is 8.78 Å². The van der Waals surface area contributed by atoms with Gasteiger partial charge in [0.1, 0.15) is 5.00 Å². The fraction of sp³-hybridized carbons (Fsp3) is 0.538. The van der Waals surface area contributed by atoms with Crippen LogP contribution >= 0.6 is 11.3 Å². The Bertz CT molecular complexity index is 529. The predicted octanol–water partition coefficient (Wildman–Crippen LogP) is 2.58. The van der Waals surface area contributed by atoms with Crippen LogP contribution in [0.1, 0.15) is 40.6 Å². The van der Waals surface area contributed by atoms with Gasteiger partial charge in [-0.1, -0.05) is 0 Å². The molecule has 1 aliphatic carbocycles. The molecule has 0 atom stereocenters. The zero-order valence-electron chi connectivity index (χ0n) is 11.1. The van der Waals surface area contributed by atoms with Crippen LogP contribution in [0.15, 0.2) is 0 Å². The molecule has 1 aliphatic rings. The minimum absolute atomic E-state index is 0.272. The zero-order valence-corrected chi connectivity index (χ0v) is 11.9. The molecule has 4 nitrogen and oxygen atoms in total. The highest BCUT2D eigenvalue weighted by molar-refractivity contribution is 7.17. The van der Waals surface area contributed by atoms with E-state index in [0.717, 1.165) is 36.1 Å². The second kappa shape index (κ2) is 6.30. The van der Waals surface area contributed by atoms with Crippen LogP contribution in [-0.2, 0) is 17.6 Å². The van der Waals surface area contributed by atoms with Gasteiger partial charge in [-0.15, -0.1) is 11.3 Å². The van der Waals surface area contributed by atoms with Crippen molar-refractivity contribution in [1.82, 2.24) is 5.32 Å². The van der Waals surface area contributed by atoms with Crippen molar-refractivity contribution in [2.45, 2.75) is 39.0 Å². The SMILES string of the molecule is CC(=O)Nc1sc2c(c1C(=O)NCC(F)F)CCCC2. The molecule has 0 spiro atoms. The first-order valence-electron chi connectivity index (χ1n) is 6.47. The third-order valence-electron chi connectivity index (χ3n) is 3.10. The average molecular weight is 302 g/mol. The van der Waals surface area contributed by atoms with Gasteiger partial charge < -0.3 is 10.6 Å². The van der Waals surface area contributed by atoms with E-state index in [9.17, 15) is 18.4 Å². The van der Waals surface area contributed by atoms with Gasteiger partial charge in [0.25, 0.3) is 12.3 Å². The standard InChI is InChI=1S/C13H16F2N2O2S/c1-7(18)17-13-11(12(19)16-6-10(14)15)8-4-2-3-5-9(8)20-13/h10H,2-6H2,1H3,(H,16,19)(H,17,18). The summed E-state index contributed by atoms with van der Waals surface area (Å²) >= 11 is 1.37. The van der Waals surface area contributed by atoms with Gasteiger partial charge >= 0.3 is 0 Å². The fourth-order valence-electron chi connectivity index (χ4n) is 2.31. The highest BCUT2D eigenvalue weighted by Gasteiger charge is 2.26. The van der Waals surface area contributed by atoms with E-state index < -0.39 is 18.9 Å². The molecule has 20 heavy (non-hydrogen) atoms. The molecule has 0 aromatic carbocycles. The van der Waals surface area contributed by atoms with Crippen LogP contribution in [-0.4, -0.2) is 24.8 Å². The lowest BCUT2D eigenvalue weighted by Gasteiger charge is -2.13. The maximum Gasteiger partial charge on any atom is 0.255 e. The number of alkyl halides is 2. The molecule has 110 valence electrons. The number of halogens is 2. The number of fused-ring (bicyclic) bond motifs is 1. The number of anilines is 1. The first-order valence-corrected chi connectivity index (χ1v) is 7.29. The number of hydrogen-bond donors (Lipinski definition) is 2. The first-order chi connectivity index (χ1) is 9.49. The molecule has 0 fully saturated rings. The highest BCUT2D eigenvalue weighted by atomic mass is 32.1. The summed E-state index contributed by atoms with van der Waals surface area (Å²) in [7, 11) is 0. The van der Waals surface area contributed by atoms with E-state index in [-0.39, 0.29) is 5.91 Å². The molecular weight excluding hydrogens is 286 g/mol. The third-order valence-corrected chi connectivity index (χ3v) is 4.31. The monoisotopic (exact) mass is 302 g/mol. The van der Waals surface area contributed by atoms with Gasteiger partial charge in [0.15, 0.2) is 0 Å². The summed E-state index contributed by atoms with van der Waals surface area (Å²) in [6, 6.07) is 0. The summed E-state index contributed by atoms with van der Waals surface area (Å²) in [4.78, 5) is 24.4. The van der Waals surface area contributed by atoms with E-state index >= 15 is 0 Å². The van der Waals surface area contributed by atoms with E-state index in [1.807, 2.05) is 0 Å². The second-order valence-electron chi connectivity index (χ2n) is 4.70. The molecule has 2 N–H and O–H groups in total. The molecule has 0 saturated heterocycles. The Balaban J connectivity index is 2.30. The van der Waals surface area contributed by atoms with Gasteiger partial charge in [-0.05, 0) is 31.2 Å². The molecule has 1 aromatic rings. The Kier molecular flexibility index (Phi) is 4.69. The topological polar surface area (TPSA) is 58.2 Å². The van der Waals surface area contributed by atoms with Crippen LogP contribution in [0.2, 0.25) is 0 Å². The quantitative estimate of drug-likeness (QED) is 0.898. The smallest absolute Gasteiger partial charge is 0.255 e. The summed E-state index contributed by atoms with van der Waals surface area (Å²) in [6.07, 6.45) is 1.05. The number of aryl methyl sites for hydroxylation is 1. The lowest BCUT2D eigenvalue weighted by atomic mass is 9.95. The van der Waals surface area contributed by atoms with Gasteiger partial charge in [0.2, 0.25) is 5.91 Å². The summed E-state index contributed by atoms with van der Waals surface area (Å²) in [6.45, 7) is 0.683. The number of rotatable bonds is 4. The van der Waals surface area contributed by atoms with Gasteiger partial charge in [-0.2, -0.15) is 0 Å². The largest absolute Gasteiger partial charge is 0.346 e. The van der Waals surface area contributed by atoms with Crippen LogP contribution < -0.4 is 10.6 Å². The number of amides is 2. The summed E-state index contributed by atoms with van der Waals surface area (Å²) in [5.41, 5.74) is 1.26. The maximum absolute atomic E-state index is 12.2. The highest BCUT2D eigenvalue weighted by Crippen LogP contribution is 2.38. The summed E-state index contributed by atoms with van der Waals surface area (Å²) in [5.74, 6) is -0.806. The van der Waals surface area contributed by atoms with Crippen LogP contribution in [0.4, 0.5) is 13.8 Å². The van der Waals surface area contributed by atoms with Crippen LogP contribution in [0.3, 0.4) is 0 Å². The van der Waals surface area contributed by atoms with E-state index in [2.05, 4.69) is 10.6 Å². The van der Waals surface area contributed by atoms with E-state index in [0.29, 0.717) is 10.6 Å². The summed E-state index contributed by atoms with van der Waals surface area (Å²) < 4.78 is 24.4. The second-order valence-corrected chi connectivity index (χ2v) is 5.80. The van der Waals surface area contributed by atoms with Crippen molar-refractivity contribution in [1.29, 1.82) is 0 Å². The average Bonchev–Trinajstić information content (AvgIpc) is 2.72. The Morgan fingerprint density at radius 3 is 2.65 bits per heavy atom. The molecule has 0 aliphatic heterocycles. The van der Waals surface area contributed by atoms with Crippen LogP contribution in [0.25, 0.3) is 0 Å². The van der Waals surface area contributed by atoms with Crippen molar-refractivity contribution in [3.05, 3.63) is 16.0 Å². The minimum atomic E-state index is -2.59. The van der Waals surface area contributed by atoms with Crippen molar-refractivity contribution < 1.29 is 18.4 Å². The van der Waals surface area contributed by atoms with E-state index in [1.165, 1.54) is 18.3 Å².